The van der Waals surface area contributed by atoms with Crippen molar-refractivity contribution < 1.29 is 9.59 Å². The van der Waals surface area contributed by atoms with Crippen molar-refractivity contribution >= 4 is 23.3 Å². The van der Waals surface area contributed by atoms with Crippen molar-refractivity contribution in [2.24, 2.45) is 0 Å². The number of rotatable bonds is 4. The number of aryl methyl sites for hydroxylation is 1. The Hall–Kier alpha value is -5.24. The number of para-hydroxylation sites is 1. The first-order valence-electron chi connectivity index (χ1n) is 14.6. The zero-order chi connectivity index (χ0) is 29.3. The maximum absolute atomic E-state index is 14.1. The Morgan fingerprint density at radius 3 is 2.30 bits per heavy atom. The molecule has 2 aliphatic heterocycles. The molecule has 8 nitrogen and oxygen atoms in total. The van der Waals surface area contributed by atoms with Gasteiger partial charge in [0.15, 0.2) is 0 Å². The van der Waals surface area contributed by atoms with Gasteiger partial charge in [0.2, 0.25) is 0 Å². The number of piperazine rings is 1. The van der Waals surface area contributed by atoms with Gasteiger partial charge in [-0.1, -0.05) is 30.3 Å². The van der Waals surface area contributed by atoms with E-state index in [2.05, 4.69) is 19.4 Å². The molecule has 3 aromatic heterocycles. The highest BCUT2D eigenvalue weighted by molar-refractivity contribution is 6.07. The number of carbonyl (C=O) groups is 2. The summed E-state index contributed by atoms with van der Waals surface area (Å²) in [4.78, 5) is 42.5. The normalized spacial score (nSPS) is 14.6. The van der Waals surface area contributed by atoms with Crippen LogP contribution in [0.15, 0.2) is 104 Å². The molecule has 2 aromatic carbocycles. The summed E-state index contributed by atoms with van der Waals surface area (Å²) in [6.07, 6.45) is 5.35. The number of anilines is 2. The Morgan fingerprint density at radius 2 is 1.53 bits per heavy atom. The molecule has 0 spiro atoms. The molecule has 2 amide bonds. The topological polar surface area (TPSA) is 74.6 Å². The van der Waals surface area contributed by atoms with Crippen LogP contribution in [0, 0.1) is 6.92 Å². The molecule has 2 aliphatic rings. The third kappa shape index (κ3) is 5.05. The quantitative estimate of drug-likeness (QED) is 0.289. The average molecular weight is 569 g/mol. The fourth-order valence-corrected chi connectivity index (χ4v) is 6.18. The summed E-state index contributed by atoms with van der Waals surface area (Å²) in [7, 11) is 0. The van der Waals surface area contributed by atoms with E-state index in [0.29, 0.717) is 37.4 Å². The van der Waals surface area contributed by atoms with Crippen LogP contribution in [0.4, 0.5) is 11.5 Å². The third-order valence-corrected chi connectivity index (χ3v) is 8.47. The van der Waals surface area contributed by atoms with Gasteiger partial charge in [-0.15, -0.1) is 0 Å². The van der Waals surface area contributed by atoms with Crippen molar-refractivity contribution in [1.82, 2.24) is 19.4 Å². The van der Waals surface area contributed by atoms with E-state index in [4.69, 9.17) is 0 Å². The monoisotopic (exact) mass is 568 g/mol. The van der Waals surface area contributed by atoms with Crippen LogP contribution < -0.4 is 9.80 Å². The lowest BCUT2D eigenvalue weighted by Gasteiger charge is -2.35. The molecule has 5 aromatic rings. The molecule has 0 atom stereocenters. The molecule has 0 bridgehead atoms. The first-order valence-corrected chi connectivity index (χ1v) is 14.6. The van der Waals surface area contributed by atoms with Crippen LogP contribution in [0.1, 0.15) is 37.7 Å². The second kappa shape index (κ2) is 11.2. The second-order valence-electron chi connectivity index (χ2n) is 11.0. The second-order valence-corrected chi connectivity index (χ2v) is 11.0. The number of hydrogen-bond donors (Lipinski definition) is 0. The molecule has 0 unspecified atom stereocenters. The summed E-state index contributed by atoms with van der Waals surface area (Å²) < 4.78 is 2.08. The van der Waals surface area contributed by atoms with Gasteiger partial charge in [-0.3, -0.25) is 14.6 Å². The average Bonchev–Trinajstić information content (AvgIpc) is 3.37. The van der Waals surface area contributed by atoms with Crippen molar-refractivity contribution in [2.75, 3.05) is 36.0 Å². The highest BCUT2D eigenvalue weighted by atomic mass is 16.2. The van der Waals surface area contributed by atoms with Crippen LogP contribution in [0.2, 0.25) is 0 Å². The molecule has 8 heteroatoms. The maximum Gasteiger partial charge on any atom is 0.270 e. The third-order valence-electron chi connectivity index (χ3n) is 8.47. The Bertz CT molecular complexity index is 1790. The van der Waals surface area contributed by atoms with Crippen LogP contribution in [-0.4, -0.2) is 57.4 Å². The molecule has 7 rings (SSSR count). The van der Waals surface area contributed by atoms with Gasteiger partial charge in [-0.05, 0) is 83.8 Å². The van der Waals surface area contributed by atoms with E-state index < -0.39 is 0 Å². The van der Waals surface area contributed by atoms with E-state index in [1.165, 1.54) is 0 Å². The zero-order valence-electron chi connectivity index (χ0n) is 24.1. The minimum Gasteiger partial charge on any atom is -0.353 e. The maximum atomic E-state index is 14.1. The lowest BCUT2D eigenvalue weighted by Crippen LogP contribution is -2.49. The van der Waals surface area contributed by atoms with Gasteiger partial charge in [0, 0.05) is 61.7 Å². The lowest BCUT2D eigenvalue weighted by atomic mass is 9.98. The summed E-state index contributed by atoms with van der Waals surface area (Å²) in [5.74, 6) is 0.895. The van der Waals surface area contributed by atoms with E-state index in [9.17, 15) is 9.59 Å². The van der Waals surface area contributed by atoms with E-state index in [1.54, 1.807) is 18.6 Å². The Balaban J connectivity index is 1.15. The Kier molecular flexibility index (Phi) is 6.95. The summed E-state index contributed by atoms with van der Waals surface area (Å²) in [6, 6.07) is 27.6. The van der Waals surface area contributed by atoms with Gasteiger partial charge >= 0.3 is 0 Å². The van der Waals surface area contributed by atoms with Crippen molar-refractivity contribution in [3.05, 3.63) is 132 Å². The zero-order valence-corrected chi connectivity index (χ0v) is 24.1. The number of hydrogen-bond acceptors (Lipinski definition) is 5. The minimum atomic E-state index is -0.0648. The van der Waals surface area contributed by atoms with Crippen LogP contribution in [0.3, 0.4) is 0 Å². The highest BCUT2D eigenvalue weighted by Gasteiger charge is 2.30. The van der Waals surface area contributed by atoms with Crippen molar-refractivity contribution in [3.8, 4) is 11.1 Å². The van der Waals surface area contributed by atoms with Gasteiger partial charge in [0.05, 0.1) is 13.1 Å². The predicted octanol–water partition coefficient (Wildman–Crippen LogP) is 5.42. The molecule has 0 aliphatic carbocycles. The van der Waals surface area contributed by atoms with Crippen molar-refractivity contribution in [2.45, 2.75) is 20.0 Å². The van der Waals surface area contributed by atoms with Gasteiger partial charge < -0.3 is 19.3 Å². The fraction of sp³-hybridized carbons (Fsp3) is 0.200. The molecule has 1 saturated heterocycles. The van der Waals surface area contributed by atoms with Gasteiger partial charge in [0.25, 0.3) is 11.8 Å². The van der Waals surface area contributed by atoms with Crippen LogP contribution in [-0.2, 0) is 13.1 Å². The SMILES string of the molecule is Cc1cc(C(=O)N2Cc3ccc(C(=O)N4CCN(c5ccccn5)CC4)n3Cc3ccccc32)ccc1-c1ccncc1. The van der Waals surface area contributed by atoms with Gasteiger partial charge in [0.1, 0.15) is 11.5 Å². The van der Waals surface area contributed by atoms with Crippen LogP contribution in [0.25, 0.3) is 11.1 Å². The number of aromatic nitrogens is 3. The summed E-state index contributed by atoms with van der Waals surface area (Å²) in [5.41, 5.74) is 7.27. The van der Waals surface area contributed by atoms with E-state index in [-0.39, 0.29) is 11.8 Å². The van der Waals surface area contributed by atoms with Gasteiger partial charge in [-0.2, -0.15) is 0 Å². The molecular formula is C35H32N6O2. The largest absolute Gasteiger partial charge is 0.353 e. The number of benzene rings is 2. The predicted molar refractivity (Wildman–Crippen MR) is 167 cm³/mol. The molecule has 1 fully saturated rings. The number of pyridine rings is 2. The smallest absolute Gasteiger partial charge is 0.270 e. The molecule has 214 valence electrons. The summed E-state index contributed by atoms with van der Waals surface area (Å²) >= 11 is 0. The molecular weight excluding hydrogens is 536 g/mol. The van der Waals surface area contributed by atoms with Gasteiger partial charge in [-0.25, -0.2) is 4.98 Å². The lowest BCUT2D eigenvalue weighted by molar-refractivity contribution is 0.0735. The number of amides is 2. The van der Waals surface area contributed by atoms with E-state index >= 15 is 0 Å². The standard InChI is InChI=1S/C35H32N6O2/c1-25-22-27(9-11-30(25)26-13-16-36-17-14-26)34(42)41-24-29-10-12-32(40(29)23-28-6-2-3-7-31(28)41)35(43)39-20-18-38(19-21-39)33-8-4-5-15-37-33/h2-17,22H,18-21,23-24H2,1H3. The highest BCUT2D eigenvalue weighted by Crippen LogP contribution is 2.32. The summed E-state index contributed by atoms with van der Waals surface area (Å²) in [6.45, 7) is 5.67. The number of fused-ring (bicyclic) bond motifs is 2. The van der Waals surface area contributed by atoms with Crippen molar-refractivity contribution in [1.29, 1.82) is 0 Å². The Morgan fingerprint density at radius 1 is 0.744 bits per heavy atom. The number of carbonyl (C=O) groups excluding carboxylic acids is 2. The minimum absolute atomic E-state index is 0.0199. The first kappa shape index (κ1) is 26.6. The molecule has 0 saturated carbocycles. The molecule has 0 N–H and O–H groups in total. The molecule has 5 heterocycles. The van der Waals surface area contributed by atoms with Crippen LogP contribution >= 0.6 is 0 Å². The summed E-state index contributed by atoms with van der Waals surface area (Å²) in [5, 5.41) is 0. The number of nitrogens with zero attached hydrogens (tertiary/aromatic N) is 6. The van der Waals surface area contributed by atoms with E-state index in [1.807, 2.05) is 102 Å². The molecule has 0 radical (unpaired) electrons. The van der Waals surface area contributed by atoms with Crippen LogP contribution in [0.5, 0.6) is 0 Å². The Labute approximate surface area is 250 Å². The van der Waals surface area contributed by atoms with E-state index in [0.717, 1.165) is 52.5 Å². The molecule has 43 heavy (non-hydrogen) atoms. The van der Waals surface area contributed by atoms with Crippen molar-refractivity contribution in [3.63, 3.8) is 0 Å². The fourth-order valence-electron chi connectivity index (χ4n) is 6.18. The first-order chi connectivity index (χ1) is 21.1.